The fourth-order valence-corrected chi connectivity index (χ4v) is 6.35. The molecular weight excluding hydrogens is 248 g/mol. The lowest BCUT2D eigenvalue weighted by atomic mass is 9.43. The molecule has 4 saturated carbocycles. The van der Waals surface area contributed by atoms with Crippen molar-refractivity contribution in [3.63, 3.8) is 0 Å². The molecule has 3 N–H and O–H groups in total. The lowest BCUT2D eigenvalue weighted by molar-refractivity contribution is -0.119. The third-order valence-corrected chi connectivity index (χ3v) is 6.24. The molecule has 0 aromatic carbocycles. The van der Waals surface area contributed by atoms with Crippen molar-refractivity contribution in [3.05, 3.63) is 18.0 Å². The molecule has 3 unspecified atom stereocenters. The molecule has 20 heavy (non-hydrogen) atoms. The topological polar surface area (TPSA) is 55.9 Å². The minimum Gasteiger partial charge on any atom is -0.275 e. The Morgan fingerprint density at radius 3 is 2.55 bits per heavy atom. The first kappa shape index (κ1) is 12.8. The van der Waals surface area contributed by atoms with Crippen molar-refractivity contribution in [2.75, 3.05) is 0 Å². The van der Waals surface area contributed by atoms with Crippen LogP contribution in [0.3, 0.4) is 0 Å². The van der Waals surface area contributed by atoms with Crippen molar-refractivity contribution >= 4 is 0 Å². The third kappa shape index (κ3) is 1.77. The monoisotopic (exact) mass is 274 g/mol. The Balaban J connectivity index is 1.72. The maximum absolute atomic E-state index is 5.99. The van der Waals surface area contributed by atoms with Crippen LogP contribution in [-0.2, 0) is 7.05 Å². The van der Waals surface area contributed by atoms with Gasteiger partial charge in [0.2, 0.25) is 0 Å². The number of hydrazine groups is 1. The first-order valence-electron chi connectivity index (χ1n) is 7.97. The van der Waals surface area contributed by atoms with Gasteiger partial charge in [0.25, 0.3) is 0 Å². The van der Waals surface area contributed by atoms with E-state index in [-0.39, 0.29) is 6.04 Å². The molecule has 0 radical (unpaired) electrons. The van der Waals surface area contributed by atoms with Gasteiger partial charge in [-0.15, -0.1) is 0 Å². The summed E-state index contributed by atoms with van der Waals surface area (Å²) in [5, 5.41) is 4.35. The van der Waals surface area contributed by atoms with Crippen molar-refractivity contribution in [1.29, 1.82) is 0 Å². The molecule has 0 saturated heterocycles. The molecule has 4 aliphatic carbocycles. The summed E-state index contributed by atoms with van der Waals surface area (Å²) in [4.78, 5) is 0. The van der Waals surface area contributed by atoms with Crippen molar-refractivity contribution in [1.82, 2.24) is 15.2 Å². The van der Waals surface area contributed by atoms with Crippen LogP contribution < -0.4 is 11.3 Å². The summed E-state index contributed by atoms with van der Waals surface area (Å²) in [5.74, 6) is 7.84. The summed E-state index contributed by atoms with van der Waals surface area (Å²) in [5.41, 5.74) is 5.33. The van der Waals surface area contributed by atoms with Crippen LogP contribution in [0.25, 0.3) is 0 Å². The maximum Gasteiger partial charge on any atom is 0.0547 e. The van der Waals surface area contributed by atoms with Crippen molar-refractivity contribution in [2.45, 2.75) is 51.5 Å². The van der Waals surface area contributed by atoms with E-state index in [9.17, 15) is 0 Å². The molecule has 0 aliphatic heterocycles. The van der Waals surface area contributed by atoms with Crippen LogP contribution in [0.2, 0.25) is 0 Å². The van der Waals surface area contributed by atoms with E-state index in [2.05, 4.69) is 23.6 Å². The molecule has 1 heterocycles. The zero-order valence-electron chi connectivity index (χ0n) is 12.6. The van der Waals surface area contributed by atoms with Crippen LogP contribution in [0.4, 0.5) is 0 Å². The van der Waals surface area contributed by atoms with Gasteiger partial charge in [-0.25, -0.2) is 0 Å². The summed E-state index contributed by atoms with van der Waals surface area (Å²) in [6, 6.07) is 0.265. The van der Waals surface area contributed by atoms with E-state index < -0.39 is 0 Å². The smallest absolute Gasteiger partial charge is 0.0547 e. The predicted molar refractivity (Wildman–Crippen MR) is 78.5 cm³/mol. The Morgan fingerprint density at radius 1 is 1.35 bits per heavy atom. The summed E-state index contributed by atoms with van der Waals surface area (Å²) in [6.07, 6.45) is 12.5. The average molecular weight is 274 g/mol. The van der Waals surface area contributed by atoms with Crippen LogP contribution >= 0.6 is 0 Å². The number of aryl methyl sites for hydroxylation is 1. The second-order valence-corrected chi connectivity index (χ2v) is 8.18. The van der Waals surface area contributed by atoms with Gasteiger partial charge in [0.1, 0.15) is 0 Å². The van der Waals surface area contributed by atoms with Gasteiger partial charge in [0, 0.05) is 18.8 Å². The zero-order chi connectivity index (χ0) is 14.0. The molecule has 1 aromatic rings. The largest absolute Gasteiger partial charge is 0.275 e. The van der Waals surface area contributed by atoms with Crippen LogP contribution in [-0.4, -0.2) is 9.78 Å². The molecule has 1 aromatic heterocycles. The van der Waals surface area contributed by atoms with E-state index in [0.29, 0.717) is 10.8 Å². The molecule has 0 amide bonds. The number of nitrogens with one attached hydrogen (secondary N) is 1. The quantitative estimate of drug-likeness (QED) is 0.658. The number of rotatable bonds is 3. The highest BCUT2D eigenvalue weighted by atomic mass is 15.3. The number of nitrogens with two attached hydrogens (primary N) is 1. The van der Waals surface area contributed by atoms with E-state index in [4.69, 9.17) is 5.84 Å². The molecule has 4 nitrogen and oxygen atoms in total. The molecule has 3 atom stereocenters. The number of nitrogens with zero attached hydrogens (tertiary/aromatic N) is 2. The van der Waals surface area contributed by atoms with Crippen molar-refractivity contribution in [2.24, 2.45) is 35.6 Å². The fourth-order valence-electron chi connectivity index (χ4n) is 6.35. The van der Waals surface area contributed by atoms with Crippen molar-refractivity contribution in [3.8, 4) is 0 Å². The molecule has 4 bridgehead atoms. The van der Waals surface area contributed by atoms with Gasteiger partial charge in [0.15, 0.2) is 0 Å². The van der Waals surface area contributed by atoms with Gasteiger partial charge in [0.05, 0.1) is 12.2 Å². The van der Waals surface area contributed by atoms with Gasteiger partial charge in [-0.05, 0) is 61.2 Å². The van der Waals surface area contributed by atoms with Gasteiger partial charge >= 0.3 is 0 Å². The average Bonchev–Trinajstić information content (AvgIpc) is 2.72. The zero-order valence-corrected chi connectivity index (χ0v) is 12.6. The van der Waals surface area contributed by atoms with Gasteiger partial charge in [-0.2, -0.15) is 5.10 Å². The number of hydrogen-bond donors (Lipinski definition) is 2. The summed E-state index contributed by atoms with van der Waals surface area (Å²) in [6.45, 7) is 2.51. The molecule has 0 spiro atoms. The molecular formula is C16H26N4. The van der Waals surface area contributed by atoms with E-state index in [1.165, 1.54) is 44.1 Å². The Kier molecular flexibility index (Phi) is 2.62. The molecule has 4 heteroatoms. The highest BCUT2D eigenvalue weighted by Gasteiger charge is 2.58. The number of aromatic nitrogens is 2. The molecule has 4 fully saturated rings. The first-order chi connectivity index (χ1) is 9.52. The van der Waals surface area contributed by atoms with E-state index in [1.807, 2.05) is 17.9 Å². The minimum absolute atomic E-state index is 0.265. The second kappa shape index (κ2) is 4.08. The fraction of sp³-hybridized carbons (Fsp3) is 0.812. The first-order valence-corrected chi connectivity index (χ1v) is 7.97. The van der Waals surface area contributed by atoms with Crippen LogP contribution in [0, 0.1) is 22.7 Å². The minimum atomic E-state index is 0.265. The highest BCUT2D eigenvalue weighted by molar-refractivity contribution is 5.19. The summed E-state index contributed by atoms with van der Waals surface area (Å²) < 4.78 is 1.89. The summed E-state index contributed by atoms with van der Waals surface area (Å²) in [7, 11) is 1.98. The molecule has 5 rings (SSSR count). The Morgan fingerprint density at radius 2 is 2.05 bits per heavy atom. The predicted octanol–water partition coefficient (Wildman–Crippen LogP) is 2.53. The van der Waals surface area contributed by atoms with Crippen LogP contribution in [0.5, 0.6) is 0 Å². The lowest BCUT2D eigenvalue weighted by Crippen LogP contribution is -2.56. The Bertz CT molecular complexity index is 506. The van der Waals surface area contributed by atoms with E-state index >= 15 is 0 Å². The summed E-state index contributed by atoms with van der Waals surface area (Å²) >= 11 is 0. The van der Waals surface area contributed by atoms with E-state index in [0.717, 1.165) is 11.8 Å². The van der Waals surface area contributed by atoms with Gasteiger partial charge in [-0.3, -0.25) is 16.0 Å². The molecule has 110 valence electrons. The van der Waals surface area contributed by atoms with E-state index in [1.54, 1.807) is 0 Å². The normalized spacial score (nSPS) is 44.0. The third-order valence-electron chi connectivity index (χ3n) is 6.24. The van der Waals surface area contributed by atoms with Gasteiger partial charge < -0.3 is 0 Å². The van der Waals surface area contributed by atoms with Gasteiger partial charge in [-0.1, -0.05) is 6.92 Å². The molecule has 4 aliphatic rings. The SMILES string of the molecule is Cn1cc(C(NN)C23CC4CC(CC(C)(C4)C2)C3)cn1. The Labute approximate surface area is 121 Å². The van der Waals surface area contributed by atoms with Crippen LogP contribution in [0.1, 0.15) is 57.1 Å². The standard InChI is InChI=1S/C16H26N4/c1-15-4-11-3-12(5-15)7-16(6-11,10-15)14(19-17)13-8-18-20(2)9-13/h8-9,11-12,14,19H,3-7,10,17H2,1-2H3. The Hall–Kier alpha value is -0.870. The maximum atomic E-state index is 5.99. The highest BCUT2D eigenvalue weighted by Crippen LogP contribution is 2.68. The van der Waals surface area contributed by atoms with Crippen molar-refractivity contribution < 1.29 is 0 Å². The number of hydrogen-bond acceptors (Lipinski definition) is 3. The lowest BCUT2D eigenvalue weighted by Gasteiger charge is -2.63. The second-order valence-electron chi connectivity index (χ2n) is 8.18. The van der Waals surface area contributed by atoms with Crippen LogP contribution in [0.15, 0.2) is 12.4 Å².